The number of nitrogens with zero attached hydrogens (tertiary/aromatic N) is 1. The molecule has 1 aliphatic rings. The van der Waals surface area contributed by atoms with Crippen LogP contribution in [-0.2, 0) is 0 Å². The maximum Gasteiger partial charge on any atom is 0.129 e. The Morgan fingerprint density at radius 2 is 2.21 bits per heavy atom. The molecule has 76 valence electrons. The second-order valence-electron chi connectivity index (χ2n) is 4.56. The highest BCUT2D eigenvalue weighted by Gasteiger charge is 2.57. The van der Waals surface area contributed by atoms with Gasteiger partial charge in [-0.25, -0.2) is 4.98 Å². The molecule has 2 N–H and O–H groups in total. The van der Waals surface area contributed by atoms with Gasteiger partial charge in [-0.15, -0.1) is 0 Å². The fourth-order valence-corrected chi connectivity index (χ4v) is 2.53. The highest BCUT2D eigenvalue weighted by Crippen LogP contribution is 2.63. The fourth-order valence-electron chi connectivity index (χ4n) is 2.42. The summed E-state index contributed by atoms with van der Waals surface area (Å²) < 4.78 is 0. The fraction of sp³-hybridized carbons (Fsp3) is 0.545. The Morgan fingerprint density at radius 3 is 2.64 bits per heavy atom. The van der Waals surface area contributed by atoms with Crippen LogP contribution in [0.15, 0.2) is 18.3 Å². The molecule has 0 spiro atoms. The van der Waals surface area contributed by atoms with E-state index < -0.39 is 0 Å². The molecule has 0 radical (unpaired) electrons. The highest BCUT2D eigenvalue weighted by atomic mass is 35.5. The first-order valence-electron chi connectivity index (χ1n) is 4.89. The largest absolute Gasteiger partial charge is 0.330 e. The summed E-state index contributed by atoms with van der Waals surface area (Å²) in [5, 5.41) is 0.552. The molecule has 2 rings (SSSR count). The van der Waals surface area contributed by atoms with E-state index in [1.807, 2.05) is 12.3 Å². The second-order valence-corrected chi connectivity index (χ2v) is 4.94. The van der Waals surface area contributed by atoms with Gasteiger partial charge in [-0.1, -0.05) is 31.5 Å². The summed E-state index contributed by atoms with van der Waals surface area (Å²) in [5.74, 6) is 1.14. The lowest BCUT2D eigenvalue weighted by Gasteiger charge is -2.02. The Morgan fingerprint density at radius 1 is 1.50 bits per heavy atom. The van der Waals surface area contributed by atoms with Crippen LogP contribution >= 0.6 is 11.6 Å². The smallest absolute Gasteiger partial charge is 0.129 e. The van der Waals surface area contributed by atoms with Gasteiger partial charge in [0.05, 0.1) is 0 Å². The molecule has 1 saturated carbocycles. The molecule has 1 fully saturated rings. The summed E-state index contributed by atoms with van der Waals surface area (Å²) in [6.45, 7) is 5.26. The van der Waals surface area contributed by atoms with Crippen LogP contribution in [0.25, 0.3) is 0 Å². The third-order valence-corrected chi connectivity index (χ3v) is 3.64. The second kappa shape index (κ2) is 3.21. The van der Waals surface area contributed by atoms with Crippen molar-refractivity contribution in [3.05, 3.63) is 29.0 Å². The van der Waals surface area contributed by atoms with Crippen molar-refractivity contribution in [3.63, 3.8) is 0 Å². The molecular formula is C11H15ClN2. The van der Waals surface area contributed by atoms with Crippen LogP contribution in [0.3, 0.4) is 0 Å². The molecule has 1 aromatic heterocycles. The third kappa shape index (κ3) is 1.43. The summed E-state index contributed by atoms with van der Waals surface area (Å²) in [5.41, 5.74) is 7.30. The van der Waals surface area contributed by atoms with Gasteiger partial charge in [0, 0.05) is 6.20 Å². The number of halogens is 1. The molecule has 0 aromatic carbocycles. The normalized spacial score (nSPS) is 28.9. The van der Waals surface area contributed by atoms with E-state index in [4.69, 9.17) is 17.3 Å². The van der Waals surface area contributed by atoms with E-state index in [-0.39, 0.29) is 0 Å². The minimum absolute atomic E-state index is 0.324. The van der Waals surface area contributed by atoms with E-state index in [0.29, 0.717) is 22.4 Å². The Balaban J connectivity index is 2.22. The zero-order valence-corrected chi connectivity index (χ0v) is 9.25. The lowest BCUT2D eigenvalue weighted by molar-refractivity contribution is 0.558. The number of rotatable bonds is 2. The van der Waals surface area contributed by atoms with E-state index in [1.54, 1.807) is 0 Å². The maximum atomic E-state index is 5.74. The van der Waals surface area contributed by atoms with Crippen molar-refractivity contribution < 1.29 is 0 Å². The summed E-state index contributed by atoms with van der Waals surface area (Å²) >= 11 is 5.74. The van der Waals surface area contributed by atoms with Crippen LogP contribution in [0.2, 0.25) is 5.15 Å². The van der Waals surface area contributed by atoms with Crippen molar-refractivity contribution >= 4 is 11.6 Å². The van der Waals surface area contributed by atoms with E-state index in [9.17, 15) is 0 Å². The first-order valence-corrected chi connectivity index (χ1v) is 5.26. The third-order valence-electron chi connectivity index (χ3n) is 3.41. The van der Waals surface area contributed by atoms with Gasteiger partial charge < -0.3 is 5.73 Å². The molecular weight excluding hydrogens is 196 g/mol. The first-order chi connectivity index (χ1) is 6.57. The lowest BCUT2D eigenvalue weighted by atomic mass is 10.1. The van der Waals surface area contributed by atoms with Crippen LogP contribution in [0.4, 0.5) is 0 Å². The number of hydrogen-bond acceptors (Lipinski definition) is 2. The van der Waals surface area contributed by atoms with Crippen LogP contribution in [0, 0.1) is 11.3 Å². The van der Waals surface area contributed by atoms with Gasteiger partial charge in [-0.05, 0) is 35.4 Å². The van der Waals surface area contributed by atoms with Crippen LogP contribution < -0.4 is 5.73 Å². The van der Waals surface area contributed by atoms with E-state index in [0.717, 1.165) is 6.54 Å². The van der Waals surface area contributed by atoms with Crippen molar-refractivity contribution in [2.75, 3.05) is 6.54 Å². The lowest BCUT2D eigenvalue weighted by Crippen LogP contribution is -2.05. The zero-order valence-electron chi connectivity index (χ0n) is 8.50. The number of aromatic nitrogens is 1. The summed E-state index contributed by atoms with van der Waals surface area (Å²) in [6.07, 6.45) is 1.87. The van der Waals surface area contributed by atoms with Gasteiger partial charge in [-0.2, -0.15) is 0 Å². The topological polar surface area (TPSA) is 38.9 Å². The van der Waals surface area contributed by atoms with Crippen LogP contribution in [-0.4, -0.2) is 11.5 Å². The minimum Gasteiger partial charge on any atom is -0.330 e. The van der Waals surface area contributed by atoms with Gasteiger partial charge >= 0.3 is 0 Å². The average molecular weight is 211 g/mol. The van der Waals surface area contributed by atoms with Gasteiger partial charge in [0.2, 0.25) is 0 Å². The van der Waals surface area contributed by atoms with Gasteiger partial charge in [-0.3, -0.25) is 0 Å². The molecule has 2 nitrogen and oxygen atoms in total. The molecule has 0 amide bonds. The Hall–Kier alpha value is -0.600. The Labute approximate surface area is 89.5 Å². The van der Waals surface area contributed by atoms with E-state index in [2.05, 4.69) is 24.9 Å². The van der Waals surface area contributed by atoms with Gasteiger partial charge in [0.15, 0.2) is 0 Å². The van der Waals surface area contributed by atoms with Gasteiger partial charge in [0.1, 0.15) is 5.15 Å². The van der Waals surface area contributed by atoms with Crippen molar-refractivity contribution in [3.8, 4) is 0 Å². The van der Waals surface area contributed by atoms with Crippen molar-refractivity contribution in [1.29, 1.82) is 0 Å². The zero-order chi connectivity index (χ0) is 10.3. The summed E-state index contributed by atoms with van der Waals surface area (Å²) in [6, 6.07) is 3.90. The van der Waals surface area contributed by atoms with Gasteiger partial charge in [0.25, 0.3) is 0 Å². The van der Waals surface area contributed by atoms with E-state index >= 15 is 0 Å². The SMILES string of the molecule is CC1(C)[C@H](CN)[C@H]1c1ccc(Cl)nc1. The minimum atomic E-state index is 0.324. The maximum absolute atomic E-state index is 5.74. The van der Waals surface area contributed by atoms with Crippen LogP contribution in [0.5, 0.6) is 0 Å². The standard InChI is InChI=1S/C11H15ClN2/c1-11(2)8(5-13)10(11)7-3-4-9(12)14-6-7/h3-4,6,8,10H,5,13H2,1-2H3/t8-,10-/m1/s1. The monoisotopic (exact) mass is 210 g/mol. The van der Waals surface area contributed by atoms with Crippen LogP contribution in [0.1, 0.15) is 25.3 Å². The Bertz CT molecular complexity index is 332. The molecule has 2 atom stereocenters. The molecule has 1 aliphatic carbocycles. The van der Waals surface area contributed by atoms with E-state index in [1.165, 1.54) is 5.56 Å². The molecule has 3 heteroatoms. The van der Waals surface area contributed by atoms with Crippen molar-refractivity contribution in [2.45, 2.75) is 19.8 Å². The summed E-state index contributed by atoms with van der Waals surface area (Å²) in [7, 11) is 0. The predicted molar refractivity (Wildman–Crippen MR) is 58.3 cm³/mol. The molecule has 14 heavy (non-hydrogen) atoms. The molecule has 0 saturated heterocycles. The molecule has 0 bridgehead atoms. The quantitative estimate of drug-likeness (QED) is 0.762. The Kier molecular flexibility index (Phi) is 2.28. The van der Waals surface area contributed by atoms with Crippen molar-refractivity contribution in [1.82, 2.24) is 4.98 Å². The number of pyridine rings is 1. The molecule has 1 aromatic rings. The average Bonchev–Trinajstić information content (AvgIpc) is 2.69. The molecule has 0 aliphatic heterocycles. The molecule has 0 unspecified atom stereocenters. The number of hydrogen-bond donors (Lipinski definition) is 1. The summed E-state index contributed by atoms with van der Waals surface area (Å²) in [4.78, 5) is 4.10. The highest BCUT2D eigenvalue weighted by molar-refractivity contribution is 6.29. The van der Waals surface area contributed by atoms with Crippen molar-refractivity contribution in [2.24, 2.45) is 17.1 Å². The predicted octanol–water partition coefficient (Wildman–Crippen LogP) is 2.43. The molecule has 1 heterocycles. The first kappa shape index (κ1) is 9.94. The number of nitrogens with two attached hydrogens (primary N) is 1.